The predicted molar refractivity (Wildman–Crippen MR) is 86.9 cm³/mol. The molecular formula is C15H10BrF2N5. The zero-order valence-electron chi connectivity index (χ0n) is 11.6. The van der Waals surface area contributed by atoms with E-state index in [0.29, 0.717) is 0 Å². The zero-order valence-corrected chi connectivity index (χ0v) is 13.2. The van der Waals surface area contributed by atoms with Crippen molar-refractivity contribution in [1.82, 2.24) is 15.2 Å². The molecule has 0 bridgehead atoms. The molecule has 0 aliphatic rings. The molecule has 2 N–H and O–H groups in total. The van der Waals surface area contributed by atoms with E-state index >= 15 is 0 Å². The second-order valence-electron chi connectivity index (χ2n) is 4.52. The summed E-state index contributed by atoms with van der Waals surface area (Å²) in [5, 5.41) is 13.1. The Hall–Kier alpha value is -2.61. The van der Waals surface area contributed by atoms with E-state index in [1.807, 2.05) is 24.3 Å². The van der Waals surface area contributed by atoms with Gasteiger partial charge in [0.2, 0.25) is 5.95 Å². The lowest BCUT2D eigenvalue weighted by Crippen LogP contribution is -2.04. The summed E-state index contributed by atoms with van der Waals surface area (Å²) >= 11 is 3.36. The van der Waals surface area contributed by atoms with Crippen LogP contribution in [0.15, 0.2) is 53.1 Å². The zero-order chi connectivity index (χ0) is 16.2. The van der Waals surface area contributed by atoms with Gasteiger partial charge in [0.15, 0.2) is 5.82 Å². The van der Waals surface area contributed by atoms with Crippen molar-refractivity contribution in [2.24, 2.45) is 0 Å². The maximum atomic E-state index is 13.6. The molecule has 116 valence electrons. The van der Waals surface area contributed by atoms with Crippen LogP contribution in [-0.2, 0) is 0 Å². The van der Waals surface area contributed by atoms with Crippen LogP contribution in [-0.4, -0.2) is 15.2 Å². The summed E-state index contributed by atoms with van der Waals surface area (Å²) in [5.74, 6) is -1.07. The number of rotatable bonds is 4. The van der Waals surface area contributed by atoms with Crippen molar-refractivity contribution in [3.8, 4) is 0 Å². The van der Waals surface area contributed by atoms with Crippen molar-refractivity contribution >= 4 is 39.1 Å². The first kappa shape index (κ1) is 15.3. The smallest absolute Gasteiger partial charge is 0.249 e. The highest BCUT2D eigenvalue weighted by Gasteiger charge is 2.10. The number of nitrogens with zero attached hydrogens (tertiary/aromatic N) is 3. The monoisotopic (exact) mass is 377 g/mol. The van der Waals surface area contributed by atoms with Crippen LogP contribution in [0.1, 0.15) is 0 Å². The average Bonchev–Trinajstić information content (AvgIpc) is 2.52. The molecule has 0 aliphatic heterocycles. The van der Waals surface area contributed by atoms with Gasteiger partial charge in [-0.3, -0.25) is 0 Å². The van der Waals surface area contributed by atoms with Crippen LogP contribution >= 0.6 is 15.9 Å². The number of hydrogen-bond donors (Lipinski definition) is 2. The normalized spacial score (nSPS) is 10.4. The topological polar surface area (TPSA) is 62.7 Å². The molecule has 1 heterocycles. The Morgan fingerprint density at radius 3 is 2.43 bits per heavy atom. The van der Waals surface area contributed by atoms with Crippen LogP contribution in [0.3, 0.4) is 0 Å². The predicted octanol–water partition coefficient (Wildman–Crippen LogP) is 4.40. The molecule has 5 nitrogen and oxygen atoms in total. The van der Waals surface area contributed by atoms with Gasteiger partial charge in [0.1, 0.15) is 17.3 Å². The molecule has 0 saturated heterocycles. The Labute approximate surface area is 138 Å². The molecule has 0 fully saturated rings. The molecule has 3 rings (SSSR count). The lowest BCUT2D eigenvalue weighted by Gasteiger charge is -2.09. The van der Waals surface area contributed by atoms with Crippen LogP contribution in [0.5, 0.6) is 0 Å². The number of hydrogen-bond acceptors (Lipinski definition) is 5. The van der Waals surface area contributed by atoms with Gasteiger partial charge >= 0.3 is 0 Å². The van der Waals surface area contributed by atoms with Crippen LogP contribution in [0.2, 0.25) is 0 Å². The quantitative estimate of drug-likeness (QED) is 0.705. The van der Waals surface area contributed by atoms with E-state index in [0.717, 1.165) is 22.3 Å². The third-order valence-electron chi connectivity index (χ3n) is 2.86. The first-order valence-corrected chi connectivity index (χ1v) is 7.34. The standard InChI is InChI=1S/C15H10BrF2N5/c16-9-3-1-4-10(7-9)20-15-22-13(8-19-23-15)21-14-11(17)5-2-6-12(14)18/h1-8H,(H2,20,21,22,23). The second kappa shape index (κ2) is 6.66. The lowest BCUT2D eigenvalue weighted by atomic mass is 10.3. The van der Waals surface area contributed by atoms with Crippen molar-refractivity contribution in [2.45, 2.75) is 0 Å². The minimum absolute atomic E-state index is 0.168. The van der Waals surface area contributed by atoms with Crippen molar-refractivity contribution in [1.29, 1.82) is 0 Å². The summed E-state index contributed by atoms with van der Waals surface area (Å²) in [6, 6.07) is 11.0. The Kier molecular flexibility index (Phi) is 4.42. The van der Waals surface area contributed by atoms with Crippen LogP contribution < -0.4 is 10.6 Å². The van der Waals surface area contributed by atoms with Gasteiger partial charge < -0.3 is 10.6 Å². The summed E-state index contributed by atoms with van der Waals surface area (Å²) < 4.78 is 28.2. The molecule has 0 spiro atoms. The number of halogens is 3. The van der Waals surface area contributed by atoms with Crippen molar-refractivity contribution < 1.29 is 8.78 Å². The molecule has 0 unspecified atom stereocenters. The lowest BCUT2D eigenvalue weighted by molar-refractivity contribution is 0.590. The van der Waals surface area contributed by atoms with Gasteiger partial charge in [0.25, 0.3) is 0 Å². The molecule has 23 heavy (non-hydrogen) atoms. The molecule has 0 atom stereocenters. The summed E-state index contributed by atoms with van der Waals surface area (Å²) in [6.07, 6.45) is 1.28. The van der Waals surface area contributed by atoms with Crippen LogP contribution in [0.4, 0.5) is 31.9 Å². The third-order valence-corrected chi connectivity index (χ3v) is 3.35. The van der Waals surface area contributed by atoms with Gasteiger partial charge in [-0.1, -0.05) is 28.1 Å². The number of aromatic nitrogens is 3. The number of anilines is 4. The van der Waals surface area contributed by atoms with Gasteiger partial charge in [-0.2, -0.15) is 10.1 Å². The van der Waals surface area contributed by atoms with Gasteiger partial charge in [0.05, 0.1) is 6.20 Å². The molecule has 0 saturated carbocycles. The number of nitrogens with one attached hydrogen (secondary N) is 2. The molecule has 3 aromatic rings. The SMILES string of the molecule is Fc1cccc(F)c1Nc1cnnc(Nc2cccc(Br)c2)n1. The fourth-order valence-electron chi connectivity index (χ4n) is 1.86. The molecule has 8 heteroatoms. The fraction of sp³-hybridized carbons (Fsp3) is 0. The molecule has 2 aromatic carbocycles. The molecule has 0 amide bonds. The van der Waals surface area contributed by atoms with E-state index in [-0.39, 0.29) is 17.5 Å². The van der Waals surface area contributed by atoms with Crippen molar-refractivity contribution in [3.05, 3.63) is 64.8 Å². The van der Waals surface area contributed by atoms with E-state index in [2.05, 4.69) is 41.7 Å². The van der Waals surface area contributed by atoms with Crippen molar-refractivity contribution in [3.63, 3.8) is 0 Å². The van der Waals surface area contributed by atoms with E-state index in [9.17, 15) is 8.78 Å². The summed E-state index contributed by atoms with van der Waals surface area (Å²) in [4.78, 5) is 4.13. The Morgan fingerprint density at radius 2 is 1.70 bits per heavy atom. The maximum absolute atomic E-state index is 13.6. The van der Waals surface area contributed by atoms with E-state index < -0.39 is 11.6 Å². The Balaban J connectivity index is 1.83. The molecular weight excluding hydrogens is 368 g/mol. The van der Waals surface area contributed by atoms with E-state index in [1.165, 1.54) is 12.3 Å². The van der Waals surface area contributed by atoms with Gasteiger partial charge in [-0.25, -0.2) is 8.78 Å². The van der Waals surface area contributed by atoms with Crippen LogP contribution in [0, 0.1) is 11.6 Å². The Bertz CT molecular complexity index is 823. The second-order valence-corrected chi connectivity index (χ2v) is 5.44. The highest BCUT2D eigenvalue weighted by atomic mass is 79.9. The van der Waals surface area contributed by atoms with E-state index in [4.69, 9.17) is 0 Å². The number of para-hydroxylation sites is 1. The van der Waals surface area contributed by atoms with E-state index in [1.54, 1.807) is 0 Å². The minimum atomic E-state index is -0.717. The van der Waals surface area contributed by atoms with Crippen molar-refractivity contribution in [2.75, 3.05) is 10.6 Å². The summed E-state index contributed by atoms with van der Waals surface area (Å²) in [5.41, 5.74) is 0.455. The Morgan fingerprint density at radius 1 is 0.957 bits per heavy atom. The highest BCUT2D eigenvalue weighted by molar-refractivity contribution is 9.10. The maximum Gasteiger partial charge on any atom is 0.249 e. The molecule has 1 aromatic heterocycles. The van der Waals surface area contributed by atoms with Gasteiger partial charge in [-0.05, 0) is 30.3 Å². The van der Waals surface area contributed by atoms with Gasteiger partial charge in [0, 0.05) is 10.2 Å². The summed E-state index contributed by atoms with van der Waals surface area (Å²) in [6.45, 7) is 0. The minimum Gasteiger partial charge on any atom is -0.334 e. The van der Waals surface area contributed by atoms with Gasteiger partial charge in [-0.15, -0.1) is 5.10 Å². The first-order valence-electron chi connectivity index (χ1n) is 6.55. The third kappa shape index (κ3) is 3.78. The van der Waals surface area contributed by atoms with Crippen LogP contribution in [0.25, 0.3) is 0 Å². The highest BCUT2D eigenvalue weighted by Crippen LogP contribution is 2.23. The first-order chi connectivity index (χ1) is 11.1. The molecule has 0 radical (unpaired) electrons. The number of benzene rings is 2. The molecule has 0 aliphatic carbocycles. The largest absolute Gasteiger partial charge is 0.334 e. The average molecular weight is 378 g/mol. The summed E-state index contributed by atoms with van der Waals surface area (Å²) in [7, 11) is 0. The fourth-order valence-corrected chi connectivity index (χ4v) is 2.26.